The minimum absolute atomic E-state index is 0.369. The molecule has 0 bridgehead atoms. The molecule has 198 valence electrons. The number of methoxy groups -OCH3 is 1. The largest absolute Gasteiger partial charge is 0.493 e. The zero-order valence-electron chi connectivity index (χ0n) is 22.5. The molecular weight excluding hydrogens is 464 g/mol. The van der Waals surface area contributed by atoms with Crippen LogP contribution in [0.25, 0.3) is 22.4 Å². The van der Waals surface area contributed by atoms with Gasteiger partial charge in [0, 0.05) is 41.7 Å². The summed E-state index contributed by atoms with van der Waals surface area (Å²) in [4.78, 5) is 10.00. The van der Waals surface area contributed by atoms with Crippen LogP contribution in [-0.2, 0) is 0 Å². The average Bonchev–Trinajstić information content (AvgIpc) is 3.66. The summed E-state index contributed by atoms with van der Waals surface area (Å²) >= 11 is 0. The third kappa shape index (κ3) is 4.91. The molecule has 2 atom stereocenters. The third-order valence-corrected chi connectivity index (χ3v) is 8.74. The molecule has 7 nitrogen and oxygen atoms in total. The molecule has 1 spiro atoms. The SMILES string of the molecule is COc1cc2c(NC3CCC34CCN(C)C4)cc(-c3ccc(C)o3)nc2cc1OCCCN1CCCC1. The number of anilines is 1. The van der Waals surface area contributed by atoms with E-state index >= 15 is 0 Å². The van der Waals surface area contributed by atoms with Crippen molar-refractivity contribution in [2.24, 2.45) is 5.41 Å². The van der Waals surface area contributed by atoms with Crippen LogP contribution in [0, 0.1) is 12.3 Å². The number of nitrogens with zero attached hydrogens (tertiary/aromatic N) is 3. The molecule has 2 aromatic heterocycles. The maximum absolute atomic E-state index is 6.25. The fourth-order valence-electron chi connectivity index (χ4n) is 6.51. The molecule has 3 fully saturated rings. The topological polar surface area (TPSA) is 63.0 Å². The number of ether oxygens (including phenoxy) is 2. The molecule has 1 aliphatic carbocycles. The number of hydrogen-bond acceptors (Lipinski definition) is 7. The van der Waals surface area contributed by atoms with Gasteiger partial charge in [-0.3, -0.25) is 0 Å². The number of nitrogens with one attached hydrogen (secondary N) is 1. The highest BCUT2D eigenvalue weighted by Crippen LogP contribution is 2.50. The molecule has 1 N–H and O–H groups in total. The van der Waals surface area contributed by atoms with E-state index in [9.17, 15) is 0 Å². The van der Waals surface area contributed by atoms with E-state index in [4.69, 9.17) is 18.9 Å². The van der Waals surface area contributed by atoms with Crippen LogP contribution in [0.1, 0.15) is 44.3 Å². The second kappa shape index (κ2) is 10.2. The first kappa shape index (κ1) is 24.6. The van der Waals surface area contributed by atoms with Gasteiger partial charge in [0.05, 0.1) is 19.2 Å². The second-order valence-electron chi connectivity index (χ2n) is 11.3. The van der Waals surface area contributed by atoms with Crippen LogP contribution in [-0.4, -0.2) is 74.3 Å². The van der Waals surface area contributed by atoms with E-state index in [1.165, 1.54) is 51.7 Å². The Morgan fingerprint density at radius 3 is 2.65 bits per heavy atom. The van der Waals surface area contributed by atoms with Crippen LogP contribution >= 0.6 is 0 Å². The van der Waals surface area contributed by atoms with E-state index < -0.39 is 0 Å². The Kier molecular flexibility index (Phi) is 6.76. The number of rotatable bonds is 9. The van der Waals surface area contributed by atoms with Crippen molar-refractivity contribution >= 4 is 16.6 Å². The summed E-state index contributed by atoms with van der Waals surface area (Å²) in [7, 11) is 3.95. The Morgan fingerprint density at radius 2 is 1.97 bits per heavy atom. The number of pyridine rings is 1. The van der Waals surface area contributed by atoms with E-state index in [1.807, 2.05) is 25.1 Å². The number of furan rings is 1. The molecule has 0 radical (unpaired) electrons. The fourth-order valence-corrected chi connectivity index (χ4v) is 6.51. The number of hydrogen-bond donors (Lipinski definition) is 1. The zero-order valence-corrected chi connectivity index (χ0v) is 22.5. The standard InChI is InChI=1S/C30H40N4O3/c1-21-7-8-26(37-21)25-18-23(32-29-9-10-30(29)11-15-33(2)20-30)22-17-27(35-3)28(19-24(22)31-25)36-16-6-14-34-12-4-5-13-34/h7-8,17-19,29H,4-6,9-16,20H2,1-3H3,(H,31,32). The fraction of sp³-hybridized carbons (Fsp3) is 0.567. The number of fused-ring (bicyclic) bond motifs is 1. The summed E-state index contributed by atoms with van der Waals surface area (Å²) in [5, 5.41) is 4.99. The molecule has 2 unspecified atom stereocenters. The maximum atomic E-state index is 6.25. The summed E-state index contributed by atoms with van der Waals surface area (Å²) in [6, 6.07) is 10.7. The smallest absolute Gasteiger partial charge is 0.163 e. The van der Waals surface area contributed by atoms with Crippen LogP contribution in [0.4, 0.5) is 5.69 Å². The van der Waals surface area contributed by atoms with Crippen molar-refractivity contribution in [3.8, 4) is 23.0 Å². The van der Waals surface area contributed by atoms with Crippen molar-refractivity contribution in [2.45, 2.75) is 51.5 Å². The predicted octanol–water partition coefficient (Wildman–Crippen LogP) is 5.57. The van der Waals surface area contributed by atoms with Gasteiger partial charge in [0.2, 0.25) is 0 Å². The minimum atomic E-state index is 0.369. The Bertz CT molecular complexity index is 1250. The average molecular weight is 505 g/mol. The summed E-state index contributed by atoms with van der Waals surface area (Å²) in [6.07, 6.45) is 7.39. The lowest BCUT2D eigenvalue weighted by atomic mass is 9.63. The number of aryl methyl sites for hydroxylation is 1. The molecule has 2 saturated heterocycles. The molecule has 1 aromatic carbocycles. The summed E-state index contributed by atoms with van der Waals surface area (Å²) in [5.74, 6) is 3.18. The summed E-state index contributed by atoms with van der Waals surface area (Å²) in [5.41, 5.74) is 3.19. The van der Waals surface area contributed by atoms with Gasteiger partial charge in [-0.05, 0) is 96.4 Å². The number of likely N-dealkylation sites (tertiary alicyclic amines) is 2. The monoisotopic (exact) mass is 504 g/mol. The zero-order chi connectivity index (χ0) is 25.4. The van der Waals surface area contributed by atoms with Gasteiger partial charge in [-0.25, -0.2) is 4.98 Å². The van der Waals surface area contributed by atoms with Gasteiger partial charge in [0.25, 0.3) is 0 Å². The van der Waals surface area contributed by atoms with E-state index in [1.54, 1.807) is 7.11 Å². The van der Waals surface area contributed by atoms with Crippen LogP contribution in [0.5, 0.6) is 11.5 Å². The van der Waals surface area contributed by atoms with Gasteiger partial charge >= 0.3 is 0 Å². The van der Waals surface area contributed by atoms with Crippen LogP contribution in [0.3, 0.4) is 0 Å². The van der Waals surface area contributed by atoms with Crippen LogP contribution < -0.4 is 14.8 Å². The van der Waals surface area contributed by atoms with Crippen molar-refractivity contribution in [3.05, 3.63) is 36.1 Å². The van der Waals surface area contributed by atoms with Gasteiger partial charge in [-0.1, -0.05) is 0 Å². The highest BCUT2D eigenvalue weighted by Gasteiger charge is 2.50. The van der Waals surface area contributed by atoms with Gasteiger partial charge < -0.3 is 29.0 Å². The van der Waals surface area contributed by atoms with Crippen LogP contribution in [0.15, 0.2) is 34.7 Å². The highest BCUT2D eigenvalue weighted by atomic mass is 16.5. The normalized spacial score (nSPS) is 24.1. The van der Waals surface area contributed by atoms with Crippen molar-refractivity contribution in [3.63, 3.8) is 0 Å². The van der Waals surface area contributed by atoms with Gasteiger partial charge in [-0.15, -0.1) is 0 Å². The van der Waals surface area contributed by atoms with Crippen molar-refractivity contribution in [1.29, 1.82) is 0 Å². The lowest BCUT2D eigenvalue weighted by molar-refractivity contribution is 0.120. The summed E-state index contributed by atoms with van der Waals surface area (Å²) in [6.45, 7) is 8.49. The molecular formula is C30H40N4O3. The maximum Gasteiger partial charge on any atom is 0.163 e. The third-order valence-electron chi connectivity index (χ3n) is 8.74. The molecule has 37 heavy (non-hydrogen) atoms. The summed E-state index contributed by atoms with van der Waals surface area (Å²) < 4.78 is 18.0. The Hall–Kier alpha value is -2.77. The lowest BCUT2D eigenvalue weighted by Crippen LogP contribution is -2.51. The highest BCUT2D eigenvalue weighted by molar-refractivity contribution is 5.96. The molecule has 3 aromatic rings. The Morgan fingerprint density at radius 1 is 1.11 bits per heavy atom. The predicted molar refractivity (Wildman–Crippen MR) is 148 cm³/mol. The Labute approximate surface area is 220 Å². The van der Waals surface area contributed by atoms with Crippen molar-refractivity contribution < 1.29 is 13.9 Å². The minimum Gasteiger partial charge on any atom is -0.493 e. The second-order valence-corrected chi connectivity index (χ2v) is 11.3. The molecule has 4 heterocycles. The molecule has 6 rings (SSSR count). The van der Waals surface area contributed by atoms with Gasteiger partial charge in [0.15, 0.2) is 17.3 Å². The van der Waals surface area contributed by atoms with Crippen molar-refractivity contribution in [2.75, 3.05) is 58.8 Å². The molecule has 3 aliphatic rings. The van der Waals surface area contributed by atoms with E-state index in [0.29, 0.717) is 18.1 Å². The molecule has 0 amide bonds. The number of benzene rings is 1. The Balaban J connectivity index is 1.30. The molecule has 7 heteroatoms. The van der Waals surface area contributed by atoms with E-state index in [0.717, 1.165) is 64.8 Å². The van der Waals surface area contributed by atoms with Crippen LogP contribution in [0.2, 0.25) is 0 Å². The molecule has 1 saturated carbocycles. The van der Waals surface area contributed by atoms with Crippen molar-refractivity contribution in [1.82, 2.24) is 14.8 Å². The van der Waals surface area contributed by atoms with Gasteiger partial charge in [-0.2, -0.15) is 0 Å². The first-order valence-electron chi connectivity index (χ1n) is 13.9. The quantitative estimate of drug-likeness (QED) is 0.382. The lowest BCUT2D eigenvalue weighted by Gasteiger charge is -2.48. The first-order chi connectivity index (χ1) is 18.0. The number of aromatic nitrogens is 1. The van der Waals surface area contributed by atoms with E-state index in [2.05, 4.69) is 34.3 Å². The van der Waals surface area contributed by atoms with E-state index in [-0.39, 0.29) is 0 Å². The van der Waals surface area contributed by atoms with Gasteiger partial charge in [0.1, 0.15) is 11.5 Å². The molecule has 2 aliphatic heterocycles. The first-order valence-corrected chi connectivity index (χ1v) is 13.9.